The molecule has 0 N–H and O–H groups in total. The molecule has 42 heavy (non-hydrogen) atoms. The van der Waals surface area contributed by atoms with Crippen LogP contribution in [0.3, 0.4) is 0 Å². The van der Waals surface area contributed by atoms with Gasteiger partial charge in [0, 0.05) is 50.2 Å². The Hall–Kier alpha value is -1.92. The summed E-state index contributed by atoms with van der Waals surface area (Å²) in [7, 11) is 0. The molecule has 2 aliphatic heterocycles. The van der Waals surface area contributed by atoms with Gasteiger partial charge in [0.15, 0.2) is 0 Å². The van der Waals surface area contributed by atoms with Crippen molar-refractivity contribution in [2.45, 2.75) is 135 Å². The quantitative estimate of drug-likeness (QED) is 0.304. The first-order valence-electron chi connectivity index (χ1n) is 17.8. The highest BCUT2D eigenvalue weighted by Gasteiger charge is 2.39. The van der Waals surface area contributed by atoms with E-state index in [1.807, 2.05) is 4.90 Å². The molecule has 0 unspecified atom stereocenters. The first-order chi connectivity index (χ1) is 20.6. The normalized spacial score (nSPS) is 30.9. The van der Waals surface area contributed by atoms with Crippen molar-refractivity contribution in [2.75, 3.05) is 32.7 Å². The molecule has 2 saturated heterocycles. The van der Waals surface area contributed by atoms with Gasteiger partial charge < -0.3 is 9.47 Å². The topological polar surface area (TPSA) is 44.6 Å². The van der Waals surface area contributed by atoms with Crippen LogP contribution in [-0.2, 0) is 11.2 Å². The summed E-state index contributed by atoms with van der Waals surface area (Å²) < 4.78 is 2.67. The lowest BCUT2D eigenvalue weighted by atomic mass is 9.76. The van der Waals surface area contributed by atoms with Crippen molar-refractivity contribution in [3.8, 4) is 0 Å². The van der Waals surface area contributed by atoms with Gasteiger partial charge in [-0.3, -0.25) is 14.6 Å². The minimum Gasteiger partial charge on any atom is -0.342 e. The van der Waals surface area contributed by atoms with Crippen molar-refractivity contribution < 1.29 is 4.79 Å². The molecule has 6 heteroatoms. The number of carbonyl (C=O) groups excluding carboxylic acids is 1. The van der Waals surface area contributed by atoms with E-state index in [0.29, 0.717) is 24.7 Å². The lowest BCUT2D eigenvalue weighted by molar-refractivity contribution is -0.132. The minimum absolute atomic E-state index is 0.276. The van der Waals surface area contributed by atoms with Crippen molar-refractivity contribution in [3.63, 3.8) is 0 Å². The first kappa shape index (κ1) is 30.1. The largest absolute Gasteiger partial charge is 0.342 e. The van der Waals surface area contributed by atoms with Crippen LogP contribution < -0.4 is 0 Å². The minimum atomic E-state index is 0.276. The fourth-order valence-corrected chi connectivity index (χ4v) is 9.56. The van der Waals surface area contributed by atoms with Gasteiger partial charge in [-0.15, -0.1) is 0 Å². The van der Waals surface area contributed by atoms with Gasteiger partial charge in [-0.1, -0.05) is 51.2 Å². The Kier molecular flexibility index (Phi) is 9.90. The smallest absolute Gasteiger partial charge is 0.236 e. The van der Waals surface area contributed by atoms with Crippen molar-refractivity contribution in [1.82, 2.24) is 24.3 Å². The number of rotatable bonds is 10. The molecule has 4 aliphatic rings. The van der Waals surface area contributed by atoms with Gasteiger partial charge in [0.2, 0.25) is 5.91 Å². The molecule has 2 aliphatic carbocycles. The van der Waals surface area contributed by atoms with E-state index in [2.05, 4.69) is 59.4 Å². The second kappa shape index (κ2) is 13.8. The molecule has 2 saturated carbocycles. The molecule has 1 aromatic heterocycles. The van der Waals surface area contributed by atoms with Crippen LogP contribution in [0, 0.1) is 11.8 Å². The number of para-hydroxylation sites is 2. The molecule has 3 heterocycles. The number of piperidine rings is 1. The summed E-state index contributed by atoms with van der Waals surface area (Å²) in [5.74, 6) is 3.48. The van der Waals surface area contributed by atoms with Crippen LogP contribution in [0.1, 0.15) is 116 Å². The number of aromatic nitrogens is 2. The number of benzene rings is 1. The number of likely N-dealkylation sites (tertiary alicyclic amines) is 2. The predicted octanol–water partition coefficient (Wildman–Crippen LogP) is 7.08. The Morgan fingerprint density at radius 1 is 0.857 bits per heavy atom. The van der Waals surface area contributed by atoms with Crippen LogP contribution in [0.2, 0.25) is 0 Å². The number of amides is 1. The Morgan fingerprint density at radius 2 is 1.62 bits per heavy atom. The van der Waals surface area contributed by atoms with Gasteiger partial charge in [-0.2, -0.15) is 0 Å². The zero-order valence-electron chi connectivity index (χ0n) is 26.9. The Bertz CT molecular complexity index is 1160. The van der Waals surface area contributed by atoms with E-state index in [1.165, 1.54) is 94.9 Å². The summed E-state index contributed by atoms with van der Waals surface area (Å²) >= 11 is 0. The molecule has 6 rings (SSSR count). The van der Waals surface area contributed by atoms with Gasteiger partial charge in [0.05, 0.1) is 17.6 Å². The lowest BCUT2D eigenvalue weighted by Crippen LogP contribution is -2.51. The van der Waals surface area contributed by atoms with Crippen molar-refractivity contribution >= 4 is 16.9 Å². The first-order valence-corrected chi connectivity index (χ1v) is 17.8. The maximum atomic E-state index is 13.0. The van der Waals surface area contributed by atoms with Crippen LogP contribution in [0.4, 0.5) is 0 Å². The third kappa shape index (κ3) is 6.45. The Balaban J connectivity index is 1.21. The van der Waals surface area contributed by atoms with Crippen molar-refractivity contribution in [1.29, 1.82) is 0 Å². The van der Waals surface area contributed by atoms with E-state index in [1.54, 1.807) is 0 Å². The number of carbonyl (C=O) groups is 1. The summed E-state index contributed by atoms with van der Waals surface area (Å²) in [6, 6.07) is 11.2. The zero-order valence-corrected chi connectivity index (χ0v) is 26.9. The van der Waals surface area contributed by atoms with E-state index in [-0.39, 0.29) is 5.91 Å². The second-order valence-electron chi connectivity index (χ2n) is 14.2. The number of likely N-dealkylation sites (N-methyl/N-ethyl adjacent to an activating group) is 1. The van der Waals surface area contributed by atoms with Crippen LogP contribution in [0.15, 0.2) is 24.3 Å². The maximum Gasteiger partial charge on any atom is 0.236 e. The van der Waals surface area contributed by atoms with Crippen LogP contribution >= 0.6 is 0 Å². The molecule has 1 amide bonds. The number of imidazole rings is 1. The SMILES string of the molecule is CCC[C@H]1C[C@@H](n2c(C[C@@H]3CCCN3CC(=O)N(CC)CC)nc3ccccc32)CCN1[C@@H]1C[C@@H]2CCCC[C@@H](C2)C1. The summed E-state index contributed by atoms with van der Waals surface area (Å²) in [5.41, 5.74) is 2.45. The molecule has 1 aromatic carbocycles. The van der Waals surface area contributed by atoms with Gasteiger partial charge in [-0.05, 0) is 95.7 Å². The fourth-order valence-electron chi connectivity index (χ4n) is 9.56. The highest BCUT2D eigenvalue weighted by atomic mass is 16.2. The molecule has 2 bridgehead atoms. The van der Waals surface area contributed by atoms with E-state index in [4.69, 9.17) is 4.98 Å². The van der Waals surface area contributed by atoms with Gasteiger partial charge in [0.25, 0.3) is 0 Å². The number of hydrogen-bond donors (Lipinski definition) is 0. The van der Waals surface area contributed by atoms with Gasteiger partial charge in [-0.25, -0.2) is 4.98 Å². The van der Waals surface area contributed by atoms with Crippen LogP contribution in [0.5, 0.6) is 0 Å². The molecule has 6 nitrogen and oxygen atoms in total. The van der Waals surface area contributed by atoms with E-state index in [0.717, 1.165) is 55.9 Å². The van der Waals surface area contributed by atoms with E-state index in [9.17, 15) is 4.79 Å². The van der Waals surface area contributed by atoms with Crippen LogP contribution in [0.25, 0.3) is 11.0 Å². The lowest BCUT2D eigenvalue weighted by Gasteiger charge is -2.48. The molecule has 232 valence electrons. The zero-order chi connectivity index (χ0) is 29.1. The average molecular weight is 576 g/mol. The molecule has 0 spiro atoms. The van der Waals surface area contributed by atoms with E-state index < -0.39 is 0 Å². The standard InChI is InChI=1S/C36H57N5O/c1-4-12-30-24-31(18-20-40(30)32-22-27-13-7-8-14-28(21-27)23-32)41-34-17-10-9-16-33(34)37-35(41)25-29-15-11-19-39(29)26-36(42)38(5-2)6-3/h9-10,16-17,27-32H,4-8,11-15,18-26H2,1-3H3/t27-,28+,29-,30-,31-,32-/m0/s1. The molecular weight excluding hydrogens is 518 g/mol. The molecule has 0 radical (unpaired) electrons. The van der Waals surface area contributed by atoms with Gasteiger partial charge >= 0.3 is 0 Å². The maximum absolute atomic E-state index is 13.0. The van der Waals surface area contributed by atoms with Crippen LogP contribution in [-0.4, -0.2) is 81.0 Å². The Morgan fingerprint density at radius 3 is 2.36 bits per heavy atom. The average Bonchev–Trinajstić information content (AvgIpc) is 3.54. The number of hydrogen-bond acceptors (Lipinski definition) is 4. The molecule has 2 aromatic rings. The van der Waals surface area contributed by atoms with Gasteiger partial charge in [0.1, 0.15) is 5.82 Å². The Labute approximate surface area is 255 Å². The summed E-state index contributed by atoms with van der Waals surface area (Å²) in [6.45, 7) is 11.0. The molecule has 4 fully saturated rings. The van der Waals surface area contributed by atoms with E-state index >= 15 is 0 Å². The monoisotopic (exact) mass is 575 g/mol. The fraction of sp³-hybridized carbons (Fsp3) is 0.778. The number of fused-ring (bicyclic) bond motifs is 3. The predicted molar refractivity (Wildman–Crippen MR) is 173 cm³/mol. The molecule has 6 atom stereocenters. The summed E-state index contributed by atoms with van der Waals surface area (Å²) in [4.78, 5) is 25.7. The highest BCUT2D eigenvalue weighted by molar-refractivity contribution is 5.78. The summed E-state index contributed by atoms with van der Waals surface area (Å²) in [5, 5.41) is 0. The van der Waals surface area contributed by atoms with Crippen molar-refractivity contribution in [2.24, 2.45) is 11.8 Å². The third-order valence-corrected chi connectivity index (χ3v) is 11.6. The highest BCUT2D eigenvalue weighted by Crippen LogP contribution is 2.43. The number of nitrogens with zero attached hydrogens (tertiary/aromatic N) is 5. The molecular formula is C36H57N5O. The summed E-state index contributed by atoms with van der Waals surface area (Å²) in [6.07, 6.45) is 18.6. The van der Waals surface area contributed by atoms with Crippen molar-refractivity contribution in [3.05, 3.63) is 30.1 Å². The third-order valence-electron chi connectivity index (χ3n) is 11.6. The second-order valence-corrected chi connectivity index (χ2v) is 14.2.